The molecule has 1 aromatic rings. The molecule has 2 atom stereocenters. The number of aliphatic hydroxyl groups is 1. The van der Waals surface area contributed by atoms with Gasteiger partial charge in [-0.2, -0.15) is 0 Å². The molecule has 0 radical (unpaired) electrons. The van der Waals surface area contributed by atoms with Crippen LogP contribution in [-0.2, 0) is 5.60 Å². The maximum absolute atomic E-state index is 11.2. The second-order valence-electron chi connectivity index (χ2n) is 6.43. The third-order valence-corrected chi connectivity index (χ3v) is 4.63. The Morgan fingerprint density at radius 3 is 2.58 bits per heavy atom. The van der Waals surface area contributed by atoms with Crippen molar-refractivity contribution in [2.75, 3.05) is 20.6 Å². The lowest BCUT2D eigenvalue weighted by Crippen LogP contribution is -2.43. The molecule has 1 aromatic carbocycles. The molecule has 0 spiro atoms. The summed E-state index contributed by atoms with van der Waals surface area (Å²) in [5.74, 6) is 0.346. The Balaban J connectivity index is 2.33. The van der Waals surface area contributed by atoms with Gasteiger partial charge in [0.15, 0.2) is 0 Å². The van der Waals surface area contributed by atoms with E-state index in [0.29, 0.717) is 5.92 Å². The van der Waals surface area contributed by atoms with Gasteiger partial charge >= 0.3 is 0 Å². The molecule has 1 saturated carbocycles. The molecule has 0 aromatic heterocycles. The molecule has 2 heteroatoms. The number of aryl methyl sites for hydroxylation is 2. The smallest absolute Gasteiger partial charge is 0.0936 e. The Morgan fingerprint density at radius 1 is 1.21 bits per heavy atom. The first kappa shape index (κ1) is 14.5. The van der Waals surface area contributed by atoms with E-state index in [1.807, 2.05) is 0 Å². The minimum atomic E-state index is -0.638. The van der Waals surface area contributed by atoms with Gasteiger partial charge in [-0.1, -0.05) is 31.0 Å². The van der Waals surface area contributed by atoms with Crippen LogP contribution in [0.1, 0.15) is 42.4 Å². The van der Waals surface area contributed by atoms with Crippen molar-refractivity contribution in [3.05, 3.63) is 34.9 Å². The highest BCUT2D eigenvalue weighted by atomic mass is 16.3. The first-order valence-electron chi connectivity index (χ1n) is 7.38. The van der Waals surface area contributed by atoms with Gasteiger partial charge in [0.25, 0.3) is 0 Å². The highest BCUT2D eigenvalue weighted by molar-refractivity contribution is 5.34. The Bertz CT molecular complexity index is 441. The van der Waals surface area contributed by atoms with Crippen LogP contribution in [0.5, 0.6) is 0 Å². The molecule has 0 bridgehead atoms. The Kier molecular flexibility index (Phi) is 4.32. The molecule has 0 saturated heterocycles. The number of nitrogens with zero attached hydrogens (tertiary/aromatic N) is 1. The Morgan fingerprint density at radius 2 is 1.95 bits per heavy atom. The third kappa shape index (κ3) is 3.01. The summed E-state index contributed by atoms with van der Waals surface area (Å²) in [7, 11) is 4.19. The maximum Gasteiger partial charge on any atom is 0.0936 e. The van der Waals surface area contributed by atoms with E-state index in [0.717, 1.165) is 31.4 Å². The van der Waals surface area contributed by atoms with E-state index in [1.165, 1.54) is 17.5 Å². The molecule has 1 aliphatic carbocycles. The predicted octanol–water partition coefficient (Wildman–Crippen LogP) is 3.24. The van der Waals surface area contributed by atoms with Crippen LogP contribution in [0.3, 0.4) is 0 Å². The Labute approximate surface area is 117 Å². The molecular weight excluding hydrogens is 234 g/mol. The van der Waals surface area contributed by atoms with Crippen molar-refractivity contribution in [3.63, 3.8) is 0 Å². The summed E-state index contributed by atoms with van der Waals surface area (Å²) in [6.45, 7) is 5.22. The van der Waals surface area contributed by atoms with E-state index in [1.54, 1.807) is 0 Å². The summed E-state index contributed by atoms with van der Waals surface area (Å²) in [6, 6.07) is 6.45. The van der Waals surface area contributed by atoms with Crippen LogP contribution >= 0.6 is 0 Å². The van der Waals surface area contributed by atoms with Crippen LogP contribution in [-0.4, -0.2) is 30.6 Å². The number of rotatable bonds is 3. The average molecular weight is 261 g/mol. The van der Waals surface area contributed by atoms with Gasteiger partial charge in [0.05, 0.1) is 5.60 Å². The maximum atomic E-state index is 11.2. The van der Waals surface area contributed by atoms with Gasteiger partial charge < -0.3 is 10.0 Å². The largest absolute Gasteiger partial charge is 0.385 e. The number of hydrogen-bond donors (Lipinski definition) is 1. The van der Waals surface area contributed by atoms with Crippen LogP contribution in [0.15, 0.2) is 18.2 Å². The summed E-state index contributed by atoms with van der Waals surface area (Å²) in [5, 5.41) is 11.2. The SMILES string of the molecule is Cc1ccc([C@]2(O)CCCC[C@H]2CN(C)C)cc1C. The van der Waals surface area contributed by atoms with Gasteiger partial charge in [0.2, 0.25) is 0 Å². The normalized spacial score (nSPS) is 27.8. The first-order chi connectivity index (χ1) is 8.93. The van der Waals surface area contributed by atoms with Crippen molar-refractivity contribution in [2.24, 2.45) is 5.92 Å². The first-order valence-corrected chi connectivity index (χ1v) is 7.38. The summed E-state index contributed by atoms with van der Waals surface area (Å²) in [4.78, 5) is 2.20. The minimum absolute atomic E-state index is 0.346. The van der Waals surface area contributed by atoms with E-state index in [9.17, 15) is 5.11 Å². The standard InChI is InChI=1S/C17H27NO/c1-13-8-9-15(11-14(13)2)17(19)10-6-5-7-16(17)12-18(3)4/h8-9,11,16,19H,5-7,10,12H2,1-4H3/t16-,17+/m0/s1. The molecule has 0 amide bonds. The van der Waals surface area contributed by atoms with Gasteiger partial charge in [0, 0.05) is 12.5 Å². The molecule has 0 aliphatic heterocycles. The fourth-order valence-electron chi connectivity index (χ4n) is 3.30. The molecule has 1 fully saturated rings. The topological polar surface area (TPSA) is 23.5 Å². The van der Waals surface area contributed by atoms with Crippen molar-refractivity contribution in [1.82, 2.24) is 4.90 Å². The van der Waals surface area contributed by atoms with Crippen molar-refractivity contribution in [1.29, 1.82) is 0 Å². The second kappa shape index (κ2) is 5.64. The highest BCUT2D eigenvalue weighted by Gasteiger charge is 2.40. The van der Waals surface area contributed by atoms with Crippen LogP contribution < -0.4 is 0 Å². The molecule has 2 rings (SSSR count). The lowest BCUT2D eigenvalue weighted by Gasteiger charge is -2.42. The number of benzene rings is 1. The fourth-order valence-corrected chi connectivity index (χ4v) is 3.30. The molecule has 0 heterocycles. The molecule has 1 aliphatic rings. The monoisotopic (exact) mass is 261 g/mol. The van der Waals surface area contributed by atoms with Crippen molar-refractivity contribution >= 4 is 0 Å². The van der Waals surface area contributed by atoms with E-state index in [-0.39, 0.29) is 0 Å². The van der Waals surface area contributed by atoms with Gasteiger partial charge in [-0.15, -0.1) is 0 Å². The summed E-state index contributed by atoms with van der Waals surface area (Å²) >= 11 is 0. The van der Waals surface area contributed by atoms with Gasteiger partial charge in [-0.05, 0) is 57.5 Å². The second-order valence-corrected chi connectivity index (χ2v) is 6.43. The highest BCUT2D eigenvalue weighted by Crippen LogP contribution is 2.42. The van der Waals surface area contributed by atoms with Crippen LogP contribution in [0, 0.1) is 19.8 Å². The van der Waals surface area contributed by atoms with Crippen LogP contribution in [0.4, 0.5) is 0 Å². The van der Waals surface area contributed by atoms with Gasteiger partial charge in [0.1, 0.15) is 0 Å². The fraction of sp³-hybridized carbons (Fsp3) is 0.647. The Hall–Kier alpha value is -0.860. The average Bonchev–Trinajstić information content (AvgIpc) is 2.35. The zero-order chi connectivity index (χ0) is 14.0. The molecule has 106 valence electrons. The van der Waals surface area contributed by atoms with Crippen LogP contribution in [0.25, 0.3) is 0 Å². The summed E-state index contributed by atoms with van der Waals surface area (Å²) in [5.41, 5.74) is 3.05. The number of hydrogen-bond acceptors (Lipinski definition) is 2. The molecular formula is C17H27NO. The summed E-state index contributed by atoms with van der Waals surface area (Å²) in [6.07, 6.45) is 4.40. The van der Waals surface area contributed by atoms with Gasteiger partial charge in [-0.3, -0.25) is 0 Å². The van der Waals surface area contributed by atoms with E-state index in [2.05, 4.69) is 51.0 Å². The zero-order valence-corrected chi connectivity index (χ0v) is 12.7. The predicted molar refractivity (Wildman–Crippen MR) is 80.3 cm³/mol. The molecule has 19 heavy (non-hydrogen) atoms. The molecule has 1 N–H and O–H groups in total. The minimum Gasteiger partial charge on any atom is -0.385 e. The quantitative estimate of drug-likeness (QED) is 0.903. The van der Waals surface area contributed by atoms with Gasteiger partial charge in [-0.25, -0.2) is 0 Å². The zero-order valence-electron chi connectivity index (χ0n) is 12.7. The van der Waals surface area contributed by atoms with E-state index < -0.39 is 5.60 Å². The lowest BCUT2D eigenvalue weighted by molar-refractivity contribution is -0.0619. The summed E-state index contributed by atoms with van der Waals surface area (Å²) < 4.78 is 0. The molecule has 0 unspecified atom stereocenters. The van der Waals surface area contributed by atoms with Crippen molar-refractivity contribution < 1.29 is 5.11 Å². The lowest BCUT2D eigenvalue weighted by atomic mass is 9.71. The van der Waals surface area contributed by atoms with Crippen molar-refractivity contribution in [3.8, 4) is 0 Å². The third-order valence-electron chi connectivity index (χ3n) is 4.63. The molecule has 2 nitrogen and oxygen atoms in total. The van der Waals surface area contributed by atoms with Crippen LogP contribution in [0.2, 0.25) is 0 Å². The van der Waals surface area contributed by atoms with E-state index in [4.69, 9.17) is 0 Å². The van der Waals surface area contributed by atoms with E-state index >= 15 is 0 Å². The van der Waals surface area contributed by atoms with Crippen molar-refractivity contribution in [2.45, 2.75) is 45.1 Å².